The average Bonchev–Trinajstić information content (AvgIpc) is 3.17. The molecule has 1 aromatic rings. The van der Waals surface area contributed by atoms with Crippen LogP contribution in [-0.2, 0) is 13.1 Å². The molecule has 1 N–H and O–H groups in total. The van der Waals surface area contributed by atoms with E-state index in [0.717, 1.165) is 25.2 Å². The van der Waals surface area contributed by atoms with Gasteiger partial charge in [-0.15, -0.1) is 0 Å². The maximum Gasteiger partial charge on any atom is 0.0247 e. The van der Waals surface area contributed by atoms with Crippen molar-refractivity contribution in [3.8, 4) is 0 Å². The van der Waals surface area contributed by atoms with Crippen LogP contribution in [0.1, 0.15) is 50.2 Å². The van der Waals surface area contributed by atoms with Crippen molar-refractivity contribution in [3.63, 3.8) is 0 Å². The first-order chi connectivity index (χ1) is 9.76. The van der Waals surface area contributed by atoms with Gasteiger partial charge in [0.2, 0.25) is 0 Å². The molecular weight excluding hydrogens is 312 g/mol. The Morgan fingerprint density at radius 3 is 2.85 bits per heavy atom. The molecule has 1 atom stereocenters. The van der Waals surface area contributed by atoms with E-state index in [1.54, 1.807) is 0 Å². The van der Waals surface area contributed by atoms with Crippen molar-refractivity contribution in [1.82, 2.24) is 10.2 Å². The van der Waals surface area contributed by atoms with Gasteiger partial charge in [0.05, 0.1) is 0 Å². The van der Waals surface area contributed by atoms with Gasteiger partial charge in [0.25, 0.3) is 0 Å². The van der Waals surface area contributed by atoms with Gasteiger partial charge in [-0.3, -0.25) is 4.90 Å². The topological polar surface area (TPSA) is 15.3 Å². The maximum absolute atomic E-state index is 3.76. The van der Waals surface area contributed by atoms with Crippen LogP contribution >= 0.6 is 15.9 Å². The van der Waals surface area contributed by atoms with Crippen LogP contribution in [0.5, 0.6) is 0 Å². The van der Waals surface area contributed by atoms with E-state index in [-0.39, 0.29) is 0 Å². The van der Waals surface area contributed by atoms with E-state index in [1.165, 1.54) is 54.2 Å². The van der Waals surface area contributed by atoms with Crippen molar-refractivity contribution >= 4 is 15.9 Å². The van der Waals surface area contributed by atoms with Crippen molar-refractivity contribution < 1.29 is 0 Å². The molecule has 0 bridgehead atoms. The van der Waals surface area contributed by atoms with E-state index >= 15 is 0 Å². The molecule has 1 aromatic carbocycles. The summed E-state index contributed by atoms with van der Waals surface area (Å²) in [6, 6.07) is 8.45. The molecule has 20 heavy (non-hydrogen) atoms. The lowest BCUT2D eigenvalue weighted by Gasteiger charge is -2.24. The van der Waals surface area contributed by atoms with Gasteiger partial charge >= 0.3 is 0 Å². The fourth-order valence-corrected chi connectivity index (χ4v) is 3.71. The highest BCUT2D eigenvalue weighted by atomic mass is 79.9. The molecule has 2 fully saturated rings. The molecule has 0 spiro atoms. The summed E-state index contributed by atoms with van der Waals surface area (Å²) in [4.78, 5) is 2.64. The normalized spacial score (nSPS) is 23.4. The fourth-order valence-electron chi connectivity index (χ4n) is 3.16. The fraction of sp³-hybridized carbons (Fsp3) is 0.647. The van der Waals surface area contributed by atoms with E-state index < -0.39 is 0 Å². The van der Waals surface area contributed by atoms with Gasteiger partial charge in [-0.05, 0) is 55.8 Å². The number of nitrogens with zero attached hydrogens (tertiary/aromatic N) is 1. The van der Waals surface area contributed by atoms with Crippen LogP contribution in [0, 0.1) is 0 Å². The van der Waals surface area contributed by atoms with E-state index in [2.05, 4.69) is 51.3 Å². The Morgan fingerprint density at radius 2 is 2.15 bits per heavy atom. The second kappa shape index (κ2) is 6.59. The minimum Gasteiger partial charge on any atom is -0.310 e. The van der Waals surface area contributed by atoms with E-state index in [9.17, 15) is 0 Å². The standard InChI is InChI=1S/C17H25BrN2/c1-2-16-4-3-9-20(16)12-14-6-5-13(10-17(14)18)11-19-15-7-8-15/h5-6,10,15-16,19H,2-4,7-9,11-12H2,1H3. The maximum atomic E-state index is 3.76. The number of likely N-dealkylation sites (tertiary alicyclic amines) is 1. The van der Waals surface area contributed by atoms with Crippen LogP contribution in [0.4, 0.5) is 0 Å². The summed E-state index contributed by atoms with van der Waals surface area (Å²) >= 11 is 3.76. The lowest BCUT2D eigenvalue weighted by molar-refractivity contribution is 0.239. The number of nitrogens with one attached hydrogen (secondary N) is 1. The van der Waals surface area contributed by atoms with Crippen molar-refractivity contribution in [2.75, 3.05) is 6.54 Å². The molecule has 2 aliphatic rings. The zero-order valence-electron chi connectivity index (χ0n) is 12.4. The molecule has 1 heterocycles. The first-order valence-electron chi connectivity index (χ1n) is 8.01. The van der Waals surface area contributed by atoms with Gasteiger partial charge in [0.15, 0.2) is 0 Å². The largest absolute Gasteiger partial charge is 0.310 e. The van der Waals surface area contributed by atoms with Gasteiger partial charge in [-0.2, -0.15) is 0 Å². The molecule has 1 saturated carbocycles. The van der Waals surface area contributed by atoms with Crippen molar-refractivity contribution in [2.24, 2.45) is 0 Å². The number of rotatable bonds is 6. The molecule has 3 rings (SSSR count). The third-order valence-electron chi connectivity index (χ3n) is 4.63. The lowest BCUT2D eigenvalue weighted by atomic mass is 10.1. The Balaban J connectivity index is 1.61. The lowest BCUT2D eigenvalue weighted by Crippen LogP contribution is -2.28. The van der Waals surface area contributed by atoms with Gasteiger partial charge < -0.3 is 5.32 Å². The summed E-state index contributed by atoms with van der Waals surface area (Å²) in [6.07, 6.45) is 6.72. The third-order valence-corrected chi connectivity index (χ3v) is 5.37. The predicted molar refractivity (Wildman–Crippen MR) is 87.7 cm³/mol. The first-order valence-corrected chi connectivity index (χ1v) is 8.80. The Morgan fingerprint density at radius 1 is 1.30 bits per heavy atom. The zero-order valence-corrected chi connectivity index (χ0v) is 14.0. The van der Waals surface area contributed by atoms with Gasteiger partial charge in [-0.1, -0.05) is 35.0 Å². The summed E-state index contributed by atoms with van der Waals surface area (Å²) < 4.78 is 1.27. The summed E-state index contributed by atoms with van der Waals surface area (Å²) in [5.74, 6) is 0. The zero-order chi connectivity index (χ0) is 13.9. The molecule has 3 heteroatoms. The molecule has 1 aliphatic carbocycles. The summed E-state index contributed by atoms with van der Waals surface area (Å²) in [6.45, 7) is 5.67. The molecule has 0 amide bonds. The van der Waals surface area contributed by atoms with Crippen LogP contribution in [0.25, 0.3) is 0 Å². The minimum absolute atomic E-state index is 0.781. The summed E-state index contributed by atoms with van der Waals surface area (Å²) in [5.41, 5.74) is 2.82. The molecular formula is C17H25BrN2. The quantitative estimate of drug-likeness (QED) is 0.842. The van der Waals surface area contributed by atoms with Crippen LogP contribution in [0.15, 0.2) is 22.7 Å². The van der Waals surface area contributed by atoms with Crippen LogP contribution in [0.2, 0.25) is 0 Å². The Hall–Kier alpha value is -0.380. The number of benzene rings is 1. The minimum atomic E-state index is 0.781. The van der Waals surface area contributed by atoms with Gasteiger partial charge in [-0.25, -0.2) is 0 Å². The van der Waals surface area contributed by atoms with Gasteiger partial charge in [0.1, 0.15) is 0 Å². The summed E-state index contributed by atoms with van der Waals surface area (Å²) in [7, 11) is 0. The van der Waals surface area contributed by atoms with E-state index in [1.807, 2.05) is 0 Å². The van der Waals surface area contributed by atoms with Crippen LogP contribution in [0.3, 0.4) is 0 Å². The highest BCUT2D eigenvalue weighted by molar-refractivity contribution is 9.10. The SMILES string of the molecule is CCC1CCCN1Cc1ccc(CNC2CC2)cc1Br. The predicted octanol–water partition coefficient (Wildman–Crippen LogP) is 4.08. The third kappa shape index (κ3) is 3.63. The van der Waals surface area contributed by atoms with E-state index in [0.29, 0.717) is 0 Å². The Bertz CT molecular complexity index is 456. The van der Waals surface area contributed by atoms with Crippen LogP contribution < -0.4 is 5.32 Å². The number of hydrogen-bond donors (Lipinski definition) is 1. The molecule has 110 valence electrons. The number of hydrogen-bond acceptors (Lipinski definition) is 2. The monoisotopic (exact) mass is 336 g/mol. The van der Waals surface area contributed by atoms with Gasteiger partial charge in [0, 0.05) is 29.6 Å². The Kier molecular flexibility index (Phi) is 4.79. The van der Waals surface area contributed by atoms with Crippen molar-refractivity contribution in [3.05, 3.63) is 33.8 Å². The van der Waals surface area contributed by atoms with Crippen molar-refractivity contribution in [1.29, 1.82) is 0 Å². The molecule has 1 unspecified atom stereocenters. The first kappa shape index (κ1) is 14.6. The molecule has 0 radical (unpaired) electrons. The molecule has 1 saturated heterocycles. The van der Waals surface area contributed by atoms with E-state index in [4.69, 9.17) is 0 Å². The number of halogens is 1. The van der Waals surface area contributed by atoms with Crippen molar-refractivity contribution in [2.45, 2.75) is 64.2 Å². The molecule has 0 aromatic heterocycles. The smallest absolute Gasteiger partial charge is 0.0247 e. The molecule has 2 nitrogen and oxygen atoms in total. The van der Waals surface area contributed by atoms with Crippen LogP contribution in [-0.4, -0.2) is 23.5 Å². The highest BCUT2D eigenvalue weighted by Crippen LogP contribution is 2.26. The second-order valence-corrected chi connectivity index (χ2v) is 7.11. The summed E-state index contributed by atoms with van der Waals surface area (Å²) in [5, 5.41) is 3.58. The Labute approximate surface area is 131 Å². The molecule has 1 aliphatic heterocycles. The second-order valence-electron chi connectivity index (χ2n) is 6.26. The average molecular weight is 337 g/mol. The highest BCUT2D eigenvalue weighted by Gasteiger charge is 2.23.